The fourth-order valence-corrected chi connectivity index (χ4v) is 1.76. The van der Waals surface area contributed by atoms with Crippen molar-refractivity contribution in [2.24, 2.45) is 0 Å². The van der Waals surface area contributed by atoms with E-state index in [2.05, 4.69) is 10.6 Å². The molecule has 1 aromatic carbocycles. The molecule has 0 fully saturated rings. The second-order valence-corrected chi connectivity index (χ2v) is 4.66. The Bertz CT molecular complexity index is 513. The Kier molecular flexibility index (Phi) is 6.90. The number of carbonyl (C=O) groups excluding carboxylic acids is 1. The predicted octanol–water partition coefficient (Wildman–Crippen LogP) is 2.48. The van der Waals surface area contributed by atoms with Crippen molar-refractivity contribution in [1.29, 1.82) is 0 Å². The molecule has 0 aliphatic carbocycles. The van der Waals surface area contributed by atoms with Gasteiger partial charge in [0.1, 0.15) is 11.9 Å². The summed E-state index contributed by atoms with van der Waals surface area (Å²) in [4.78, 5) is 22.8. The Hall–Kier alpha value is -1.86. The first kappa shape index (κ1) is 17.2. The summed E-state index contributed by atoms with van der Waals surface area (Å²) >= 11 is 5.80. The van der Waals surface area contributed by atoms with E-state index in [1.165, 1.54) is 13.2 Å². The maximum atomic E-state index is 13.1. The fraction of sp³-hybridized carbons (Fsp3) is 0.385. The molecule has 8 heteroatoms. The van der Waals surface area contributed by atoms with E-state index >= 15 is 0 Å². The van der Waals surface area contributed by atoms with Crippen LogP contribution in [-0.4, -0.2) is 36.9 Å². The van der Waals surface area contributed by atoms with Crippen LogP contribution in [0.1, 0.15) is 12.8 Å². The largest absolute Gasteiger partial charge is 0.480 e. The highest BCUT2D eigenvalue weighted by atomic mass is 35.5. The minimum atomic E-state index is -1.16. The predicted molar refractivity (Wildman–Crippen MR) is 76.1 cm³/mol. The highest BCUT2D eigenvalue weighted by molar-refractivity contribution is 6.33. The molecule has 21 heavy (non-hydrogen) atoms. The Labute approximate surface area is 126 Å². The zero-order valence-corrected chi connectivity index (χ0v) is 12.1. The maximum absolute atomic E-state index is 13.1. The lowest BCUT2D eigenvalue weighted by molar-refractivity contribution is -0.139. The molecule has 0 saturated carbocycles. The topological polar surface area (TPSA) is 87.7 Å². The summed E-state index contributed by atoms with van der Waals surface area (Å²) in [5.74, 6) is -1.73. The first-order valence-electron chi connectivity index (χ1n) is 6.18. The zero-order chi connectivity index (χ0) is 15.8. The van der Waals surface area contributed by atoms with Gasteiger partial charge < -0.3 is 20.5 Å². The highest BCUT2D eigenvalue weighted by Crippen LogP contribution is 2.22. The van der Waals surface area contributed by atoms with Gasteiger partial charge >= 0.3 is 12.0 Å². The first-order valence-corrected chi connectivity index (χ1v) is 6.56. The molecule has 0 aromatic heterocycles. The summed E-state index contributed by atoms with van der Waals surface area (Å²) in [6, 6.07) is 1.65. The molecule has 3 N–H and O–H groups in total. The SMILES string of the molecule is COCCCC(NC(=O)Nc1cc(F)ccc1Cl)C(=O)O. The number of urea groups is 1. The van der Waals surface area contributed by atoms with Gasteiger partial charge in [0.2, 0.25) is 0 Å². The average molecular weight is 319 g/mol. The van der Waals surface area contributed by atoms with E-state index in [0.29, 0.717) is 13.0 Å². The Balaban J connectivity index is 2.61. The molecule has 0 heterocycles. The van der Waals surface area contributed by atoms with Gasteiger partial charge in [-0.2, -0.15) is 0 Å². The molecule has 116 valence electrons. The van der Waals surface area contributed by atoms with E-state index in [1.807, 2.05) is 0 Å². The van der Waals surface area contributed by atoms with Gasteiger partial charge in [-0.05, 0) is 31.0 Å². The molecule has 0 saturated heterocycles. The molecule has 1 rings (SSSR count). The van der Waals surface area contributed by atoms with Crippen LogP contribution in [0, 0.1) is 5.82 Å². The summed E-state index contributed by atoms with van der Waals surface area (Å²) in [6.45, 7) is 0.392. The van der Waals surface area contributed by atoms with Crippen LogP contribution in [0.5, 0.6) is 0 Å². The van der Waals surface area contributed by atoms with Gasteiger partial charge in [0.25, 0.3) is 0 Å². The smallest absolute Gasteiger partial charge is 0.326 e. The van der Waals surface area contributed by atoms with Gasteiger partial charge in [-0.3, -0.25) is 0 Å². The van der Waals surface area contributed by atoms with Crippen LogP contribution in [0.25, 0.3) is 0 Å². The number of benzene rings is 1. The van der Waals surface area contributed by atoms with Crippen LogP contribution in [0.4, 0.5) is 14.9 Å². The van der Waals surface area contributed by atoms with Crippen molar-refractivity contribution in [2.75, 3.05) is 19.0 Å². The molecule has 1 aromatic rings. The van der Waals surface area contributed by atoms with E-state index < -0.39 is 23.9 Å². The van der Waals surface area contributed by atoms with Crippen molar-refractivity contribution in [3.05, 3.63) is 29.0 Å². The third kappa shape index (κ3) is 5.97. The molecule has 1 atom stereocenters. The molecule has 0 radical (unpaired) electrons. The summed E-state index contributed by atoms with van der Waals surface area (Å²) in [7, 11) is 1.50. The number of nitrogens with one attached hydrogen (secondary N) is 2. The van der Waals surface area contributed by atoms with Crippen LogP contribution in [-0.2, 0) is 9.53 Å². The second kappa shape index (κ2) is 8.43. The standard InChI is InChI=1S/C13H16ClFN2O4/c1-21-6-2-3-10(12(18)19)16-13(20)17-11-7-8(15)4-5-9(11)14/h4-5,7,10H,2-3,6H2,1H3,(H,18,19)(H2,16,17,20). The van der Waals surface area contributed by atoms with Crippen LogP contribution in [0.2, 0.25) is 5.02 Å². The van der Waals surface area contributed by atoms with Crippen molar-refractivity contribution in [1.82, 2.24) is 5.32 Å². The molecule has 6 nitrogen and oxygen atoms in total. The maximum Gasteiger partial charge on any atom is 0.326 e. The van der Waals surface area contributed by atoms with E-state index in [4.69, 9.17) is 21.4 Å². The third-order valence-electron chi connectivity index (χ3n) is 2.62. The van der Waals surface area contributed by atoms with E-state index in [0.717, 1.165) is 12.1 Å². The number of aliphatic carboxylic acids is 1. The number of rotatable bonds is 7. The van der Waals surface area contributed by atoms with Gasteiger partial charge in [0.15, 0.2) is 0 Å². The normalized spacial score (nSPS) is 11.8. The number of carboxylic acid groups (broad SMARTS) is 1. The van der Waals surface area contributed by atoms with Crippen molar-refractivity contribution in [3.63, 3.8) is 0 Å². The number of ether oxygens (including phenoxy) is 1. The summed E-state index contributed by atoms with van der Waals surface area (Å²) < 4.78 is 17.9. The van der Waals surface area contributed by atoms with E-state index in [1.54, 1.807) is 0 Å². The summed E-state index contributed by atoms with van der Waals surface area (Å²) in [6.07, 6.45) is 0.696. The van der Waals surface area contributed by atoms with Gasteiger partial charge in [0.05, 0.1) is 10.7 Å². The minimum absolute atomic E-state index is 0.0650. The van der Waals surface area contributed by atoms with Crippen LogP contribution in [0.15, 0.2) is 18.2 Å². The fourth-order valence-electron chi connectivity index (χ4n) is 1.60. The van der Waals surface area contributed by atoms with Gasteiger partial charge in [0, 0.05) is 13.7 Å². The Morgan fingerprint density at radius 1 is 1.48 bits per heavy atom. The summed E-state index contributed by atoms with van der Waals surface area (Å²) in [5.41, 5.74) is 0.0650. The number of methoxy groups -OCH3 is 1. The molecule has 0 spiro atoms. The van der Waals surface area contributed by atoms with Crippen LogP contribution in [0.3, 0.4) is 0 Å². The first-order chi connectivity index (χ1) is 9.93. The van der Waals surface area contributed by atoms with E-state index in [9.17, 15) is 14.0 Å². The number of carboxylic acids is 1. The molecular formula is C13H16ClFN2O4. The number of carbonyl (C=O) groups is 2. The van der Waals surface area contributed by atoms with Crippen molar-refractivity contribution in [2.45, 2.75) is 18.9 Å². The second-order valence-electron chi connectivity index (χ2n) is 4.25. The number of hydrogen-bond donors (Lipinski definition) is 3. The van der Waals surface area contributed by atoms with Crippen LogP contribution < -0.4 is 10.6 Å². The molecular weight excluding hydrogens is 303 g/mol. The monoisotopic (exact) mass is 318 g/mol. The third-order valence-corrected chi connectivity index (χ3v) is 2.95. The lowest BCUT2D eigenvalue weighted by Crippen LogP contribution is -2.43. The molecule has 2 amide bonds. The lowest BCUT2D eigenvalue weighted by atomic mass is 10.1. The zero-order valence-electron chi connectivity index (χ0n) is 11.4. The number of anilines is 1. The number of halogens is 2. The van der Waals surface area contributed by atoms with Crippen molar-refractivity contribution >= 4 is 29.3 Å². The van der Waals surface area contributed by atoms with Crippen molar-refractivity contribution < 1.29 is 23.8 Å². The minimum Gasteiger partial charge on any atom is -0.480 e. The highest BCUT2D eigenvalue weighted by Gasteiger charge is 2.19. The number of hydrogen-bond acceptors (Lipinski definition) is 3. The Morgan fingerprint density at radius 3 is 2.81 bits per heavy atom. The number of amides is 2. The lowest BCUT2D eigenvalue weighted by Gasteiger charge is -2.15. The molecule has 1 unspecified atom stereocenters. The Morgan fingerprint density at radius 2 is 2.19 bits per heavy atom. The van der Waals surface area contributed by atoms with Crippen molar-refractivity contribution in [3.8, 4) is 0 Å². The quantitative estimate of drug-likeness (QED) is 0.674. The average Bonchev–Trinajstić information content (AvgIpc) is 2.42. The van der Waals surface area contributed by atoms with E-state index in [-0.39, 0.29) is 17.1 Å². The van der Waals surface area contributed by atoms with Crippen LogP contribution >= 0.6 is 11.6 Å². The molecule has 0 bridgehead atoms. The van der Waals surface area contributed by atoms with Gasteiger partial charge in [-0.15, -0.1) is 0 Å². The molecule has 0 aliphatic heterocycles. The summed E-state index contributed by atoms with van der Waals surface area (Å²) in [5, 5.41) is 13.8. The van der Waals surface area contributed by atoms with Gasteiger partial charge in [-0.1, -0.05) is 11.6 Å². The van der Waals surface area contributed by atoms with Gasteiger partial charge in [-0.25, -0.2) is 14.0 Å². The molecule has 0 aliphatic rings.